The summed E-state index contributed by atoms with van der Waals surface area (Å²) in [5, 5.41) is 0.972. The van der Waals surface area contributed by atoms with E-state index in [0.717, 1.165) is 34.2 Å². The maximum absolute atomic E-state index is 12.5. The Balaban J connectivity index is 1.47. The first-order valence-electron chi connectivity index (χ1n) is 8.47. The molecule has 8 heteroatoms. The fourth-order valence-electron chi connectivity index (χ4n) is 3.00. The number of ether oxygens (including phenoxy) is 1. The topological polar surface area (TPSA) is 58.8 Å². The number of halogens is 1. The van der Waals surface area contributed by atoms with Crippen LogP contribution in [0, 0.1) is 0 Å². The van der Waals surface area contributed by atoms with Gasteiger partial charge in [0.15, 0.2) is 15.6 Å². The van der Waals surface area contributed by atoms with Crippen molar-refractivity contribution in [3.63, 3.8) is 0 Å². The number of nitrogens with zero attached hydrogens (tertiary/aromatic N) is 3. The predicted octanol–water partition coefficient (Wildman–Crippen LogP) is 4.01. The van der Waals surface area contributed by atoms with Crippen molar-refractivity contribution >= 4 is 48.5 Å². The molecule has 2 aromatic heterocycles. The molecule has 0 spiro atoms. The molecule has 1 amide bonds. The van der Waals surface area contributed by atoms with Crippen LogP contribution in [-0.4, -0.2) is 48.6 Å². The van der Waals surface area contributed by atoms with Crippen LogP contribution in [0.15, 0.2) is 39.4 Å². The number of rotatable bonds is 4. The number of amides is 1. The number of fused-ring (bicyclic) bond motifs is 1. The van der Waals surface area contributed by atoms with E-state index in [0.29, 0.717) is 30.1 Å². The van der Waals surface area contributed by atoms with E-state index in [2.05, 4.69) is 26.9 Å². The van der Waals surface area contributed by atoms with Gasteiger partial charge in [-0.2, -0.15) is 0 Å². The summed E-state index contributed by atoms with van der Waals surface area (Å²) >= 11 is 4.90. The summed E-state index contributed by atoms with van der Waals surface area (Å²) < 4.78 is 12.7. The highest BCUT2D eigenvalue weighted by molar-refractivity contribution is 9.10. The molecular weight excluding hydrogens is 418 g/mol. The van der Waals surface area contributed by atoms with E-state index in [1.807, 2.05) is 24.0 Å². The number of aromatic nitrogens is 1. The molecule has 0 saturated carbocycles. The summed E-state index contributed by atoms with van der Waals surface area (Å²) in [4.78, 5) is 21.3. The van der Waals surface area contributed by atoms with Crippen molar-refractivity contribution in [1.82, 2.24) is 9.88 Å². The number of hydrogen-bond acceptors (Lipinski definition) is 6. The summed E-state index contributed by atoms with van der Waals surface area (Å²) in [7, 11) is 0. The highest BCUT2D eigenvalue weighted by Gasteiger charge is 2.26. The molecule has 1 fully saturated rings. The van der Waals surface area contributed by atoms with Gasteiger partial charge in [-0.15, -0.1) is 0 Å². The van der Waals surface area contributed by atoms with Crippen molar-refractivity contribution in [2.24, 2.45) is 0 Å². The number of piperazine rings is 1. The van der Waals surface area contributed by atoms with Crippen LogP contribution in [-0.2, 0) is 0 Å². The van der Waals surface area contributed by atoms with Crippen molar-refractivity contribution < 1.29 is 13.9 Å². The highest BCUT2D eigenvalue weighted by Crippen LogP contribution is 2.34. The lowest BCUT2D eigenvalue weighted by Crippen LogP contribution is -2.48. The minimum Gasteiger partial charge on any atom is -0.492 e. The zero-order chi connectivity index (χ0) is 18.1. The van der Waals surface area contributed by atoms with Crippen molar-refractivity contribution in [3.05, 3.63) is 40.8 Å². The summed E-state index contributed by atoms with van der Waals surface area (Å²) in [5.74, 6) is 1.12. The Morgan fingerprint density at radius 2 is 2.08 bits per heavy atom. The van der Waals surface area contributed by atoms with Crippen LogP contribution in [0.4, 0.5) is 5.13 Å². The average Bonchev–Trinajstić information content (AvgIpc) is 3.28. The molecule has 0 bridgehead atoms. The van der Waals surface area contributed by atoms with Gasteiger partial charge in [-0.1, -0.05) is 17.4 Å². The highest BCUT2D eigenvalue weighted by atomic mass is 79.9. The van der Waals surface area contributed by atoms with Crippen molar-refractivity contribution in [2.45, 2.75) is 6.92 Å². The number of carbonyl (C=O) groups excluding carboxylic acids is 1. The third-order valence-corrected chi connectivity index (χ3v) is 5.80. The van der Waals surface area contributed by atoms with Crippen molar-refractivity contribution in [1.29, 1.82) is 0 Å². The first-order chi connectivity index (χ1) is 12.7. The molecule has 136 valence electrons. The summed E-state index contributed by atoms with van der Waals surface area (Å²) in [6.07, 6.45) is 0. The average molecular weight is 436 g/mol. The largest absolute Gasteiger partial charge is 0.492 e. The van der Waals surface area contributed by atoms with E-state index < -0.39 is 0 Å². The number of anilines is 1. The monoisotopic (exact) mass is 435 g/mol. The maximum atomic E-state index is 12.5. The maximum Gasteiger partial charge on any atom is 0.289 e. The summed E-state index contributed by atoms with van der Waals surface area (Å²) in [6, 6.07) is 9.44. The lowest BCUT2D eigenvalue weighted by Gasteiger charge is -2.34. The molecule has 1 aliphatic rings. The molecule has 0 radical (unpaired) electrons. The Bertz CT molecular complexity index is 931. The van der Waals surface area contributed by atoms with Gasteiger partial charge in [-0.3, -0.25) is 4.79 Å². The van der Waals surface area contributed by atoms with E-state index in [4.69, 9.17) is 14.1 Å². The van der Waals surface area contributed by atoms with Crippen LogP contribution >= 0.6 is 27.3 Å². The van der Waals surface area contributed by atoms with Crippen LogP contribution in [0.25, 0.3) is 10.2 Å². The number of benzene rings is 1. The molecule has 3 heterocycles. The first kappa shape index (κ1) is 17.4. The van der Waals surface area contributed by atoms with E-state index >= 15 is 0 Å². The van der Waals surface area contributed by atoms with Crippen LogP contribution in [0.3, 0.4) is 0 Å². The van der Waals surface area contributed by atoms with Crippen LogP contribution in [0.5, 0.6) is 5.75 Å². The minimum atomic E-state index is -0.0710. The van der Waals surface area contributed by atoms with Gasteiger partial charge in [0.25, 0.3) is 5.91 Å². The smallest absolute Gasteiger partial charge is 0.289 e. The molecule has 26 heavy (non-hydrogen) atoms. The van der Waals surface area contributed by atoms with E-state index in [1.54, 1.807) is 23.5 Å². The Morgan fingerprint density at radius 3 is 2.77 bits per heavy atom. The van der Waals surface area contributed by atoms with Crippen LogP contribution in [0.1, 0.15) is 17.5 Å². The van der Waals surface area contributed by atoms with E-state index in [9.17, 15) is 4.79 Å². The lowest BCUT2D eigenvalue weighted by molar-refractivity contribution is 0.0713. The number of thiazole rings is 1. The number of carbonyl (C=O) groups is 1. The normalized spacial score (nSPS) is 14.8. The van der Waals surface area contributed by atoms with E-state index in [-0.39, 0.29) is 5.91 Å². The second kappa shape index (κ2) is 7.28. The molecule has 1 aliphatic heterocycles. The van der Waals surface area contributed by atoms with E-state index in [1.165, 1.54) is 0 Å². The van der Waals surface area contributed by atoms with Gasteiger partial charge in [0.2, 0.25) is 0 Å². The SMILES string of the molecule is CCOc1cccc2sc(N3CCN(C(=O)c4ccc(Br)o4)CC3)nc12. The second-order valence-electron chi connectivity index (χ2n) is 5.92. The van der Waals surface area contributed by atoms with Crippen molar-refractivity contribution in [3.8, 4) is 5.75 Å². The molecule has 1 aromatic carbocycles. The minimum absolute atomic E-state index is 0.0710. The molecule has 3 aromatic rings. The number of para-hydroxylation sites is 1. The molecule has 0 atom stereocenters. The zero-order valence-electron chi connectivity index (χ0n) is 14.3. The van der Waals surface area contributed by atoms with Gasteiger partial charge in [0.1, 0.15) is 11.3 Å². The molecular formula is C18H18BrN3O3S. The predicted molar refractivity (Wildman–Crippen MR) is 105 cm³/mol. The zero-order valence-corrected chi connectivity index (χ0v) is 16.7. The van der Waals surface area contributed by atoms with Gasteiger partial charge in [-0.05, 0) is 47.1 Å². The lowest BCUT2D eigenvalue weighted by atomic mass is 10.3. The summed E-state index contributed by atoms with van der Waals surface area (Å²) in [6.45, 7) is 5.38. The quantitative estimate of drug-likeness (QED) is 0.619. The van der Waals surface area contributed by atoms with Gasteiger partial charge < -0.3 is 19.0 Å². The standard InChI is InChI=1S/C18H18BrN3O3S/c1-2-24-12-4-3-5-14-16(12)20-18(26-14)22-10-8-21(9-11-22)17(23)13-6-7-15(19)25-13/h3-7H,2,8-11H2,1H3. The number of furan rings is 1. The van der Waals surface area contributed by atoms with Gasteiger partial charge in [0.05, 0.1) is 11.3 Å². The Hall–Kier alpha value is -2.06. The molecule has 6 nitrogen and oxygen atoms in total. The van der Waals surface area contributed by atoms with Gasteiger partial charge in [-0.25, -0.2) is 4.98 Å². The fourth-order valence-corrected chi connectivity index (χ4v) is 4.35. The third kappa shape index (κ3) is 3.31. The second-order valence-corrected chi connectivity index (χ2v) is 7.71. The molecule has 0 N–H and O–H groups in total. The fraction of sp³-hybridized carbons (Fsp3) is 0.333. The Kier molecular flexibility index (Phi) is 4.86. The Morgan fingerprint density at radius 1 is 1.27 bits per heavy atom. The van der Waals surface area contributed by atoms with Gasteiger partial charge >= 0.3 is 0 Å². The van der Waals surface area contributed by atoms with Gasteiger partial charge in [0, 0.05) is 26.2 Å². The van der Waals surface area contributed by atoms with Crippen LogP contribution in [0.2, 0.25) is 0 Å². The Labute approximate surface area is 163 Å². The molecule has 4 rings (SSSR count). The molecule has 0 aliphatic carbocycles. The molecule has 1 saturated heterocycles. The van der Waals surface area contributed by atoms with Crippen LogP contribution < -0.4 is 9.64 Å². The summed E-state index contributed by atoms with van der Waals surface area (Å²) in [5.41, 5.74) is 0.910. The number of hydrogen-bond donors (Lipinski definition) is 0. The third-order valence-electron chi connectivity index (χ3n) is 4.29. The first-order valence-corrected chi connectivity index (χ1v) is 10.1. The van der Waals surface area contributed by atoms with Crippen molar-refractivity contribution in [2.75, 3.05) is 37.7 Å². The molecule has 0 unspecified atom stereocenters.